The van der Waals surface area contributed by atoms with E-state index in [-0.39, 0.29) is 35.8 Å². The van der Waals surface area contributed by atoms with E-state index in [1.807, 2.05) is 43.3 Å². The number of hydrogen-bond acceptors (Lipinski definition) is 4. The fraction of sp³-hybridized carbons (Fsp3) is 0.250. The van der Waals surface area contributed by atoms with Crippen LogP contribution in [0.4, 0.5) is 5.69 Å². The summed E-state index contributed by atoms with van der Waals surface area (Å²) in [5.41, 5.74) is 1.31. The number of para-hydroxylation sites is 1. The van der Waals surface area contributed by atoms with Gasteiger partial charge >= 0.3 is 0 Å². The first-order valence-electron chi connectivity index (χ1n) is 8.62. The Bertz CT molecular complexity index is 1040. The Kier molecular flexibility index (Phi) is 5.41. The number of anilines is 1. The van der Waals surface area contributed by atoms with Gasteiger partial charge in [0.15, 0.2) is 5.78 Å². The molecular weight excluding hydrogens is 362 g/mol. The smallest absolute Gasteiger partial charge is 0.295 e. The van der Waals surface area contributed by atoms with Gasteiger partial charge in [0.25, 0.3) is 5.56 Å². The Morgan fingerprint density at radius 3 is 2.37 bits per heavy atom. The lowest BCUT2D eigenvalue weighted by atomic mass is 10.2. The van der Waals surface area contributed by atoms with Crippen molar-refractivity contribution in [2.24, 2.45) is 7.05 Å². The van der Waals surface area contributed by atoms with Crippen LogP contribution in [0, 0.1) is 13.8 Å². The van der Waals surface area contributed by atoms with E-state index in [4.69, 9.17) is 0 Å². The molecule has 0 atom stereocenters. The molecular formula is C20H21N3O3S. The van der Waals surface area contributed by atoms with Crippen molar-refractivity contribution >= 4 is 28.7 Å². The summed E-state index contributed by atoms with van der Waals surface area (Å²) in [6.07, 6.45) is 0.152. The molecule has 0 radical (unpaired) electrons. The maximum absolute atomic E-state index is 12.8. The van der Waals surface area contributed by atoms with Crippen molar-refractivity contribution in [3.05, 3.63) is 68.3 Å². The van der Waals surface area contributed by atoms with Gasteiger partial charge in [-0.05, 0) is 38.1 Å². The first-order chi connectivity index (χ1) is 12.9. The van der Waals surface area contributed by atoms with Crippen molar-refractivity contribution in [2.75, 3.05) is 5.32 Å². The molecule has 3 rings (SSSR count). The van der Waals surface area contributed by atoms with Crippen LogP contribution in [0.15, 0.2) is 47.3 Å². The van der Waals surface area contributed by atoms with Crippen molar-refractivity contribution < 1.29 is 9.59 Å². The number of benzene rings is 1. The van der Waals surface area contributed by atoms with Gasteiger partial charge in [-0.25, -0.2) is 4.68 Å². The van der Waals surface area contributed by atoms with E-state index in [2.05, 4.69) is 5.32 Å². The highest BCUT2D eigenvalue weighted by Crippen LogP contribution is 2.18. The predicted octanol–water partition coefficient (Wildman–Crippen LogP) is 3.46. The average molecular weight is 383 g/mol. The Balaban J connectivity index is 1.73. The van der Waals surface area contributed by atoms with Crippen LogP contribution < -0.4 is 10.9 Å². The lowest BCUT2D eigenvalue weighted by Crippen LogP contribution is -2.23. The fourth-order valence-corrected chi connectivity index (χ4v) is 3.68. The Morgan fingerprint density at radius 1 is 1.04 bits per heavy atom. The molecule has 1 amide bonds. The van der Waals surface area contributed by atoms with E-state index in [0.717, 1.165) is 10.6 Å². The van der Waals surface area contributed by atoms with Gasteiger partial charge in [-0.2, -0.15) is 0 Å². The minimum absolute atomic E-state index is 0.0366. The normalized spacial score (nSPS) is 10.8. The second kappa shape index (κ2) is 7.75. The first kappa shape index (κ1) is 18.8. The average Bonchev–Trinajstić information content (AvgIpc) is 3.18. The van der Waals surface area contributed by atoms with E-state index in [9.17, 15) is 14.4 Å². The highest BCUT2D eigenvalue weighted by Gasteiger charge is 2.19. The van der Waals surface area contributed by atoms with Crippen molar-refractivity contribution in [3.8, 4) is 5.69 Å². The number of amides is 1. The Labute approximate surface area is 161 Å². The van der Waals surface area contributed by atoms with Gasteiger partial charge < -0.3 is 5.32 Å². The molecule has 0 fully saturated rings. The van der Waals surface area contributed by atoms with Crippen molar-refractivity contribution in [1.82, 2.24) is 9.36 Å². The highest BCUT2D eigenvalue weighted by molar-refractivity contribution is 7.14. The minimum atomic E-state index is -0.345. The zero-order chi connectivity index (χ0) is 19.6. The Morgan fingerprint density at radius 2 is 1.74 bits per heavy atom. The maximum Gasteiger partial charge on any atom is 0.295 e. The molecule has 0 aliphatic carbocycles. The van der Waals surface area contributed by atoms with Gasteiger partial charge in [-0.15, -0.1) is 11.3 Å². The third-order valence-corrected chi connectivity index (χ3v) is 5.45. The van der Waals surface area contributed by atoms with Crippen LogP contribution >= 0.6 is 11.3 Å². The maximum atomic E-state index is 12.8. The summed E-state index contributed by atoms with van der Waals surface area (Å²) < 4.78 is 3.21. The summed E-state index contributed by atoms with van der Waals surface area (Å²) in [5.74, 6) is -0.405. The highest BCUT2D eigenvalue weighted by atomic mass is 32.1. The predicted molar refractivity (Wildman–Crippen MR) is 107 cm³/mol. The number of ketones is 1. The van der Waals surface area contributed by atoms with Crippen LogP contribution in [-0.2, 0) is 11.8 Å². The van der Waals surface area contributed by atoms with Crippen molar-refractivity contribution in [3.63, 3.8) is 0 Å². The van der Waals surface area contributed by atoms with E-state index >= 15 is 0 Å². The number of hydrogen-bond donors (Lipinski definition) is 1. The molecule has 2 aromatic heterocycles. The van der Waals surface area contributed by atoms with Crippen LogP contribution in [0.25, 0.3) is 5.69 Å². The third kappa shape index (κ3) is 3.93. The molecule has 0 saturated carbocycles. The second-order valence-electron chi connectivity index (χ2n) is 6.32. The molecule has 140 valence electrons. The summed E-state index contributed by atoms with van der Waals surface area (Å²) in [7, 11) is 1.77. The molecule has 7 heteroatoms. The second-order valence-corrected chi connectivity index (χ2v) is 7.61. The van der Waals surface area contributed by atoms with Crippen LogP contribution in [0.3, 0.4) is 0 Å². The number of aryl methyl sites for hydroxylation is 1. The molecule has 1 N–H and O–H groups in total. The molecule has 0 saturated heterocycles. The lowest BCUT2D eigenvalue weighted by molar-refractivity contribution is -0.116. The summed E-state index contributed by atoms with van der Waals surface area (Å²) in [6.45, 7) is 3.71. The molecule has 0 aliphatic rings. The number of aromatic nitrogens is 2. The van der Waals surface area contributed by atoms with E-state index < -0.39 is 0 Å². The fourth-order valence-electron chi connectivity index (χ4n) is 2.85. The summed E-state index contributed by atoms with van der Waals surface area (Å²) in [6, 6.07) is 12.9. The molecule has 3 aromatic rings. The molecule has 0 spiro atoms. The monoisotopic (exact) mass is 383 g/mol. The van der Waals surface area contributed by atoms with E-state index in [1.54, 1.807) is 24.7 Å². The number of carbonyl (C=O) groups excluding carboxylic acids is 2. The SMILES string of the molecule is Cc1ccc(C(=O)CCC(=O)Nc2c(C)n(C)n(-c3ccccc3)c2=O)s1. The Hall–Kier alpha value is -2.93. The molecule has 0 unspecified atom stereocenters. The molecule has 2 heterocycles. The van der Waals surface area contributed by atoms with Crippen molar-refractivity contribution in [2.45, 2.75) is 26.7 Å². The molecule has 1 aromatic carbocycles. The topological polar surface area (TPSA) is 73.1 Å². The van der Waals surface area contributed by atoms with Crippen LogP contribution in [0.1, 0.15) is 33.1 Å². The van der Waals surface area contributed by atoms with Crippen LogP contribution in [0.5, 0.6) is 0 Å². The number of thiophene rings is 1. The summed E-state index contributed by atoms with van der Waals surface area (Å²) >= 11 is 1.42. The molecule has 27 heavy (non-hydrogen) atoms. The number of nitrogens with one attached hydrogen (secondary N) is 1. The standard InChI is InChI=1S/C20H21N3O3S/c1-13-9-11-17(27-13)16(24)10-12-18(25)21-19-14(2)22(3)23(20(19)26)15-7-5-4-6-8-15/h4-9,11H,10,12H2,1-3H3,(H,21,25). The van der Waals surface area contributed by atoms with Gasteiger partial charge in [-0.1, -0.05) is 18.2 Å². The molecule has 6 nitrogen and oxygen atoms in total. The van der Waals surface area contributed by atoms with Gasteiger partial charge in [-0.3, -0.25) is 19.1 Å². The minimum Gasteiger partial charge on any atom is -0.320 e. The zero-order valence-electron chi connectivity index (χ0n) is 15.5. The van der Waals surface area contributed by atoms with E-state index in [1.165, 1.54) is 16.0 Å². The number of rotatable bonds is 6. The number of nitrogens with zero attached hydrogens (tertiary/aromatic N) is 2. The van der Waals surface area contributed by atoms with E-state index in [0.29, 0.717) is 10.6 Å². The third-order valence-electron chi connectivity index (χ3n) is 4.41. The number of Topliss-reactive ketones (excluding diaryl/α,β-unsaturated/α-hetero) is 1. The van der Waals surface area contributed by atoms with Gasteiger partial charge in [0, 0.05) is 24.8 Å². The van der Waals surface area contributed by atoms with Crippen LogP contribution in [-0.4, -0.2) is 21.1 Å². The summed E-state index contributed by atoms with van der Waals surface area (Å²) in [5, 5.41) is 2.68. The van der Waals surface area contributed by atoms with Crippen LogP contribution in [0.2, 0.25) is 0 Å². The number of carbonyl (C=O) groups is 2. The first-order valence-corrected chi connectivity index (χ1v) is 9.43. The van der Waals surface area contributed by atoms with Crippen molar-refractivity contribution in [1.29, 1.82) is 0 Å². The largest absolute Gasteiger partial charge is 0.320 e. The quantitative estimate of drug-likeness (QED) is 0.663. The van der Waals surface area contributed by atoms with Gasteiger partial charge in [0.2, 0.25) is 5.91 Å². The molecule has 0 aliphatic heterocycles. The van der Waals surface area contributed by atoms with Gasteiger partial charge in [0.1, 0.15) is 5.69 Å². The molecule has 0 bridgehead atoms. The zero-order valence-corrected chi connectivity index (χ0v) is 16.3. The summed E-state index contributed by atoms with van der Waals surface area (Å²) in [4.78, 5) is 38.9. The van der Waals surface area contributed by atoms with Gasteiger partial charge in [0.05, 0.1) is 16.3 Å². The lowest BCUT2D eigenvalue weighted by Gasteiger charge is -2.07.